The van der Waals surface area contributed by atoms with Crippen LogP contribution in [0.15, 0.2) is 42.5 Å². The van der Waals surface area contributed by atoms with Crippen LogP contribution in [0.5, 0.6) is 0 Å². The maximum absolute atomic E-state index is 11.8. The maximum Gasteiger partial charge on any atom is 0.408 e. The number of hydrogen-bond acceptors (Lipinski definition) is 6. The normalized spacial score (nSPS) is 18.1. The van der Waals surface area contributed by atoms with Crippen LogP contribution in [0.3, 0.4) is 0 Å². The van der Waals surface area contributed by atoms with E-state index in [0.29, 0.717) is 6.61 Å². The van der Waals surface area contributed by atoms with E-state index in [0.717, 1.165) is 52.0 Å². The van der Waals surface area contributed by atoms with E-state index in [9.17, 15) is 9.59 Å². The molecule has 0 unspecified atom stereocenters. The summed E-state index contributed by atoms with van der Waals surface area (Å²) in [5.41, 5.74) is 6.78. The van der Waals surface area contributed by atoms with Crippen LogP contribution in [-0.4, -0.2) is 68.4 Å². The van der Waals surface area contributed by atoms with Crippen molar-refractivity contribution < 1.29 is 19.1 Å². The summed E-state index contributed by atoms with van der Waals surface area (Å²) >= 11 is 0. The largest absolute Gasteiger partial charge is 0.464 e. The number of fused-ring (bicyclic) bond motifs is 1. The molecule has 2 aliphatic rings. The Bertz CT molecular complexity index is 1260. The molecule has 0 radical (unpaired) electrons. The second kappa shape index (κ2) is 13.7. The molecule has 1 heterocycles. The first-order chi connectivity index (χ1) is 20.2. The van der Waals surface area contributed by atoms with E-state index in [1.54, 1.807) is 20.8 Å². The fourth-order valence-electron chi connectivity index (χ4n) is 6.19. The molecular formula is C36H53N3O4. The maximum atomic E-state index is 11.8. The van der Waals surface area contributed by atoms with Gasteiger partial charge in [-0.3, -0.25) is 9.69 Å². The van der Waals surface area contributed by atoms with Gasteiger partial charge in [0.1, 0.15) is 12.1 Å². The van der Waals surface area contributed by atoms with Crippen molar-refractivity contribution in [3.05, 3.63) is 53.6 Å². The molecule has 1 fully saturated rings. The first kappa shape index (κ1) is 32.8. The minimum absolute atomic E-state index is 0.175. The standard InChI is InChI=1S/C36H53N3O4/c1-34(2,3)43-33(41)37-26-32(40)42-23-10-8-9-18-38-19-21-39(22-20-38)29-13-11-12-27(24-29)28-14-15-30-31(25-28)36(6,7)17-16-35(30,4)5/h11-15,24-25H,8-10,16-23,26H2,1-7H3,(H,37,41). The number of alkyl carbamates (subject to hydrolysis) is 1. The van der Waals surface area contributed by atoms with E-state index >= 15 is 0 Å². The number of rotatable bonds is 10. The van der Waals surface area contributed by atoms with Gasteiger partial charge in [0.05, 0.1) is 6.61 Å². The zero-order valence-electron chi connectivity index (χ0n) is 27.6. The summed E-state index contributed by atoms with van der Waals surface area (Å²) in [4.78, 5) is 28.5. The smallest absolute Gasteiger partial charge is 0.408 e. The van der Waals surface area contributed by atoms with Gasteiger partial charge in [-0.15, -0.1) is 0 Å². The number of esters is 1. The Morgan fingerprint density at radius 1 is 0.837 bits per heavy atom. The summed E-state index contributed by atoms with van der Waals surface area (Å²) in [5, 5.41) is 2.43. The van der Waals surface area contributed by atoms with Gasteiger partial charge in [-0.1, -0.05) is 58.0 Å². The molecule has 7 nitrogen and oxygen atoms in total. The van der Waals surface area contributed by atoms with Gasteiger partial charge >= 0.3 is 12.1 Å². The lowest BCUT2D eigenvalue weighted by Gasteiger charge is -2.42. The second-order valence-corrected chi connectivity index (χ2v) is 14.5. The zero-order valence-corrected chi connectivity index (χ0v) is 27.6. The lowest BCUT2D eigenvalue weighted by atomic mass is 9.63. The second-order valence-electron chi connectivity index (χ2n) is 14.5. The van der Waals surface area contributed by atoms with Gasteiger partial charge < -0.3 is 19.7 Å². The molecule has 7 heteroatoms. The third-order valence-corrected chi connectivity index (χ3v) is 8.93. The van der Waals surface area contributed by atoms with Crippen molar-refractivity contribution >= 4 is 17.7 Å². The summed E-state index contributed by atoms with van der Waals surface area (Å²) < 4.78 is 10.4. The molecule has 1 aliphatic carbocycles. The van der Waals surface area contributed by atoms with Gasteiger partial charge in [0.25, 0.3) is 0 Å². The Kier molecular flexibility index (Phi) is 10.5. The van der Waals surface area contributed by atoms with Crippen molar-refractivity contribution in [2.45, 2.75) is 97.0 Å². The van der Waals surface area contributed by atoms with E-state index < -0.39 is 17.7 Å². The highest BCUT2D eigenvalue weighted by Crippen LogP contribution is 2.46. The van der Waals surface area contributed by atoms with Crippen molar-refractivity contribution in [2.75, 3.05) is 50.8 Å². The number of carbonyl (C=O) groups excluding carboxylic acids is 2. The molecule has 1 aliphatic heterocycles. The molecule has 0 aromatic heterocycles. The fourth-order valence-corrected chi connectivity index (χ4v) is 6.19. The van der Waals surface area contributed by atoms with E-state index in [4.69, 9.17) is 9.47 Å². The van der Waals surface area contributed by atoms with Crippen LogP contribution in [0, 0.1) is 0 Å². The average molecular weight is 592 g/mol. The number of piperazine rings is 1. The Morgan fingerprint density at radius 3 is 2.21 bits per heavy atom. The number of benzene rings is 2. The third-order valence-electron chi connectivity index (χ3n) is 8.93. The van der Waals surface area contributed by atoms with Gasteiger partial charge in [0.15, 0.2) is 0 Å². The van der Waals surface area contributed by atoms with E-state index in [2.05, 4.69) is 85.3 Å². The molecule has 1 amide bonds. The predicted octanol–water partition coefficient (Wildman–Crippen LogP) is 7.06. The molecule has 43 heavy (non-hydrogen) atoms. The summed E-state index contributed by atoms with van der Waals surface area (Å²) in [6, 6.07) is 16.2. The lowest BCUT2D eigenvalue weighted by molar-refractivity contribution is -0.142. The molecule has 2 aromatic carbocycles. The Morgan fingerprint density at radius 2 is 1.51 bits per heavy atom. The van der Waals surface area contributed by atoms with Crippen LogP contribution in [0.2, 0.25) is 0 Å². The highest BCUT2D eigenvalue weighted by Gasteiger charge is 2.37. The zero-order chi connectivity index (χ0) is 31.3. The average Bonchev–Trinajstić information content (AvgIpc) is 2.95. The van der Waals surface area contributed by atoms with Crippen LogP contribution in [0.25, 0.3) is 11.1 Å². The highest BCUT2D eigenvalue weighted by molar-refractivity contribution is 5.78. The van der Waals surface area contributed by atoms with Crippen LogP contribution < -0.4 is 10.2 Å². The van der Waals surface area contributed by atoms with Gasteiger partial charge in [0, 0.05) is 31.9 Å². The number of hydrogen-bond donors (Lipinski definition) is 1. The van der Waals surface area contributed by atoms with Crippen LogP contribution in [-0.2, 0) is 25.1 Å². The number of nitrogens with one attached hydrogen (secondary N) is 1. The Labute approximate surface area is 259 Å². The predicted molar refractivity (Wildman–Crippen MR) is 175 cm³/mol. The number of ether oxygens (including phenoxy) is 2. The number of nitrogens with zero attached hydrogens (tertiary/aromatic N) is 2. The van der Waals surface area contributed by atoms with Crippen molar-refractivity contribution in [3.63, 3.8) is 0 Å². The minimum Gasteiger partial charge on any atom is -0.464 e. The number of unbranched alkanes of at least 4 members (excludes halogenated alkanes) is 2. The third kappa shape index (κ3) is 9.21. The molecule has 0 spiro atoms. The first-order valence-corrected chi connectivity index (χ1v) is 16.1. The summed E-state index contributed by atoms with van der Waals surface area (Å²) in [6.07, 6.45) is 4.75. The summed E-state index contributed by atoms with van der Waals surface area (Å²) in [7, 11) is 0. The molecule has 1 N–H and O–H groups in total. The molecule has 236 valence electrons. The van der Waals surface area contributed by atoms with Crippen LogP contribution in [0.1, 0.15) is 91.7 Å². The van der Waals surface area contributed by atoms with E-state index in [1.165, 1.54) is 40.8 Å². The summed E-state index contributed by atoms with van der Waals surface area (Å²) in [6.45, 7) is 20.3. The van der Waals surface area contributed by atoms with Crippen molar-refractivity contribution in [1.29, 1.82) is 0 Å². The SMILES string of the molecule is CC(C)(C)OC(=O)NCC(=O)OCCCCCN1CCN(c2cccc(-c3ccc4c(c3)C(C)(C)CCC4(C)C)c2)CC1. The number of amides is 1. The molecule has 0 bridgehead atoms. The minimum atomic E-state index is -0.611. The Hall–Kier alpha value is -3.06. The Balaban J connectivity index is 1.18. The van der Waals surface area contributed by atoms with Crippen molar-refractivity contribution in [1.82, 2.24) is 10.2 Å². The van der Waals surface area contributed by atoms with E-state index in [-0.39, 0.29) is 17.4 Å². The lowest BCUT2D eigenvalue weighted by Crippen LogP contribution is -2.46. The van der Waals surface area contributed by atoms with E-state index in [1.807, 2.05) is 0 Å². The fraction of sp³-hybridized carbons (Fsp3) is 0.611. The van der Waals surface area contributed by atoms with Gasteiger partial charge in [-0.05, 0) is 105 Å². The molecule has 2 aromatic rings. The summed E-state index contributed by atoms with van der Waals surface area (Å²) in [5.74, 6) is -0.439. The quantitative estimate of drug-likeness (QED) is 0.236. The number of carbonyl (C=O) groups is 2. The molecule has 1 saturated heterocycles. The topological polar surface area (TPSA) is 71.1 Å². The van der Waals surface area contributed by atoms with Crippen molar-refractivity contribution in [2.24, 2.45) is 0 Å². The number of anilines is 1. The molecule has 4 rings (SSSR count). The first-order valence-electron chi connectivity index (χ1n) is 16.1. The van der Waals surface area contributed by atoms with Crippen LogP contribution >= 0.6 is 0 Å². The highest BCUT2D eigenvalue weighted by atomic mass is 16.6. The monoisotopic (exact) mass is 591 g/mol. The van der Waals surface area contributed by atoms with Gasteiger partial charge in [-0.25, -0.2) is 4.79 Å². The molecule has 0 saturated carbocycles. The molecular weight excluding hydrogens is 538 g/mol. The van der Waals surface area contributed by atoms with Crippen molar-refractivity contribution in [3.8, 4) is 11.1 Å². The molecule has 0 atom stereocenters. The van der Waals surface area contributed by atoms with Crippen LogP contribution in [0.4, 0.5) is 10.5 Å². The van der Waals surface area contributed by atoms with Gasteiger partial charge in [0.2, 0.25) is 0 Å². The van der Waals surface area contributed by atoms with Gasteiger partial charge in [-0.2, -0.15) is 0 Å².